The highest BCUT2D eigenvalue weighted by molar-refractivity contribution is 7.02. The summed E-state index contributed by atoms with van der Waals surface area (Å²) in [6.45, 7) is 20.5. The molecule has 13 rings (SSSR count). The van der Waals surface area contributed by atoms with Crippen molar-refractivity contribution in [2.24, 2.45) is 0 Å². The standard InChI is InChI=1S/C70H59B3F3N4/c1-39-31-48(10)65-62(32-39)78(69-45(7)24-17-27-56(69)74)59-30-14-13-26-52(59)72(65)53-38-55-61(34-47(53)9)80(70-57(75)28-18-29-58(70)76)64-36-49(77-67-41(3)20-15-21-42(67)4)35-63-66(64)73(55)54-37-51(71-50-25-12-11-19-40(50)2)46(8)33-60(54)79(63)68-43(5)22-16-23-44(68)6/h11-38,77H,1-10H3. The summed E-state index contributed by atoms with van der Waals surface area (Å²) in [5.74, 6) is -1.64. The molecule has 10 aromatic carbocycles. The molecule has 3 aliphatic rings. The van der Waals surface area contributed by atoms with Crippen LogP contribution in [-0.2, 0) is 0 Å². The maximum absolute atomic E-state index is 17.3. The largest absolute Gasteiger partial charge is 0.355 e. The summed E-state index contributed by atoms with van der Waals surface area (Å²) >= 11 is 0. The van der Waals surface area contributed by atoms with Crippen LogP contribution in [0.1, 0.15) is 55.6 Å². The van der Waals surface area contributed by atoms with Gasteiger partial charge in [-0.25, -0.2) is 13.2 Å². The molecule has 3 aliphatic heterocycles. The summed E-state index contributed by atoms with van der Waals surface area (Å²) < 4.78 is 51.1. The second kappa shape index (κ2) is 19.3. The second-order valence-corrected chi connectivity index (χ2v) is 22.5. The summed E-state index contributed by atoms with van der Waals surface area (Å²) in [5, 5.41) is 3.85. The van der Waals surface area contributed by atoms with Crippen molar-refractivity contribution in [1.82, 2.24) is 0 Å². The van der Waals surface area contributed by atoms with Gasteiger partial charge in [0.15, 0.2) is 7.28 Å². The van der Waals surface area contributed by atoms with Crippen LogP contribution in [0.4, 0.5) is 75.7 Å². The quantitative estimate of drug-likeness (QED) is 0.153. The molecule has 0 saturated carbocycles. The van der Waals surface area contributed by atoms with Gasteiger partial charge < -0.3 is 20.0 Å². The number of fused-ring (bicyclic) bond motifs is 6. The van der Waals surface area contributed by atoms with Gasteiger partial charge in [0, 0.05) is 45.5 Å². The van der Waals surface area contributed by atoms with Crippen molar-refractivity contribution in [3.8, 4) is 0 Å². The topological polar surface area (TPSA) is 21.8 Å². The van der Waals surface area contributed by atoms with Crippen LogP contribution in [0.3, 0.4) is 0 Å². The number of hydrogen-bond donors (Lipinski definition) is 1. The molecular formula is C70H59B3F3N4. The molecule has 0 atom stereocenters. The lowest BCUT2D eigenvalue weighted by atomic mass is 9.30. The number of rotatable bonds is 8. The first-order valence-corrected chi connectivity index (χ1v) is 27.6. The zero-order valence-electron chi connectivity index (χ0n) is 46.9. The Hall–Kier alpha value is -8.62. The van der Waals surface area contributed by atoms with Gasteiger partial charge in [0.2, 0.25) is 6.71 Å². The van der Waals surface area contributed by atoms with Gasteiger partial charge in [-0.05, 0) is 185 Å². The molecule has 0 bridgehead atoms. The monoisotopic (exact) mass is 1050 g/mol. The first kappa shape index (κ1) is 50.9. The normalized spacial score (nSPS) is 12.9. The molecule has 3 heterocycles. The highest BCUT2D eigenvalue weighted by atomic mass is 19.1. The molecule has 10 aromatic rings. The minimum Gasteiger partial charge on any atom is -0.355 e. The van der Waals surface area contributed by atoms with Gasteiger partial charge in [-0.2, -0.15) is 0 Å². The molecule has 389 valence electrons. The van der Waals surface area contributed by atoms with E-state index in [4.69, 9.17) is 0 Å². The van der Waals surface area contributed by atoms with E-state index in [1.54, 1.807) is 12.1 Å². The lowest BCUT2D eigenvalue weighted by Gasteiger charge is -2.46. The predicted octanol–water partition coefficient (Wildman–Crippen LogP) is 13.0. The van der Waals surface area contributed by atoms with E-state index in [1.807, 2.05) is 24.0 Å². The van der Waals surface area contributed by atoms with Crippen LogP contribution in [0.25, 0.3) is 0 Å². The number of para-hydroxylation sites is 5. The Labute approximate surface area is 470 Å². The molecule has 0 spiro atoms. The Kier molecular flexibility index (Phi) is 12.3. The molecule has 80 heavy (non-hydrogen) atoms. The first-order chi connectivity index (χ1) is 38.6. The van der Waals surface area contributed by atoms with E-state index in [-0.39, 0.29) is 18.2 Å². The second-order valence-electron chi connectivity index (χ2n) is 22.5. The summed E-state index contributed by atoms with van der Waals surface area (Å²) in [7, 11) is 2.29. The van der Waals surface area contributed by atoms with E-state index >= 15 is 13.2 Å². The van der Waals surface area contributed by atoms with Gasteiger partial charge in [0.05, 0.1) is 11.4 Å². The van der Waals surface area contributed by atoms with Crippen molar-refractivity contribution in [2.75, 3.05) is 20.0 Å². The van der Waals surface area contributed by atoms with E-state index in [0.29, 0.717) is 17.1 Å². The van der Waals surface area contributed by atoms with Crippen LogP contribution < -0.4 is 63.7 Å². The fraction of sp³-hybridized carbons (Fsp3) is 0.143. The number of halogens is 3. The molecule has 1 N–H and O–H groups in total. The van der Waals surface area contributed by atoms with Crippen molar-refractivity contribution in [3.05, 3.63) is 243 Å². The molecule has 0 aromatic heterocycles. The van der Waals surface area contributed by atoms with Gasteiger partial charge in [-0.1, -0.05) is 154 Å². The highest BCUT2D eigenvalue weighted by Crippen LogP contribution is 2.49. The zero-order valence-corrected chi connectivity index (χ0v) is 46.9. The lowest BCUT2D eigenvalue weighted by Crippen LogP contribution is -2.64. The summed E-state index contributed by atoms with van der Waals surface area (Å²) in [6, 6.07) is 56.9. The maximum atomic E-state index is 17.3. The SMILES string of the molecule is Cc1cc(C)c2c(c1)N(c1c(C)cccc1F)c1ccccc1B2c1cc2c(cc1C)N(c1c(F)cccc1F)c1cc(Nc3c(C)cccc3C)cc3c1B2c1cc([B]c2ccccc2C)c(C)cc1N3c1c(C)cccc1C. The van der Waals surface area contributed by atoms with Crippen molar-refractivity contribution in [3.63, 3.8) is 0 Å². The average Bonchev–Trinajstić information content (AvgIpc) is 3.28. The Morgan fingerprint density at radius 2 is 0.838 bits per heavy atom. The Bertz CT molecular complexity index is 4150. The lowest BCUT2D eigenvalue weighted by molar-refractivity contribution is 0.586. The van der Waals surface area contributed by atoms with Gasteiger partial charge in [0.25, 0.3) is 6.71 Å². The Morgan fingerprint density at radius 1 is 0.338 bits per heavy atom. The van der Waals surface area contributed by atoms with Crippen LogP contribution in [0.5, 0.6) is 0 Å². The molecule has 1 radical (unpaired) electrons. The maximum Gasteiger partial charge on any atom is 0.252 e. The molecule has 0 amide bonds. The van der Waals surface area contributed by atoms with Crippen molar-refractivity contribution in [2.45, 2.75) is 69.2 Å². The van der Waals surface area contributed by atoms with Gasteiger partial charge in [0.1, 0.15) is 23.1 Å². The van der Waals surface area contributed by atoms with Gasteiger partial charge >= 0.3 is 0 Å². The third-order valence-electron chi connectivity index (χ3n) is 17.2. The minimum atomic E-state index is -0.670. The van der Waals surface area contributed by atoms with Gasteiger partial charge in [-0.3, -0.25) is 0 Å². The fourth-order valence-electron chi connectivity index (χ4n) is 13.5. The first-order valence-electron chi connectivity index (χ1n) is 27.6. The molecule has 4 nitrogen and oxygen atoms in total. The van der Waals surface area contributed by atoms with Gasteiger partial charge in [-0.15, -0.1) is 0 Å². The fourth-order valence-corrected chi connectivity index (χ4v) is 13.5. The number of anilines is 11. The highest BCUT2D eigenvalue weighted by Gasteiger charge is 2.47. The third kappa shape index (κ3) is 8.00. The van der Waals surface area contributed by atoms with Crippen LogP contribution in [-0.4, -0.2) is 20.7 Å². The smallest absolute Gasteiger partial charge is 0.252 e. The van der Waals surface area contributed by atoms with Crippen molar-refractivity contribution >= 4 is 127 Å². The molecule has 10 heteroatoms. The van der Waals surface area contributed by atoms with Crippen molar-refractivity contribution < 1.29 is 13.2 Å². The summed E-state index contributed by atoms with van der Waals surface area (Å²) in [5.41, 5.74) is 27.1. The number of nitrogens with zero attached hydrogens (tertiary/aromatic N) is 3. The van der Waals surface area contributed by atoms with Crippen molar-refractivity contribution in [1.29, 1.82) is 0 Å². The van der Waals surface area contributed by atoms with E-state index in [2.05, 4.69) is 212 Å². The van der Waals surface area contributed by atoms with Crippen LogP contribution in [0, 0.1) is 86.7 Å². The van der Waals surface area contributed by atoms with Crippen LogP contribution >= 0.6 is 0 Å². The van der Waals surface area contributed by atoms with Crippen LogP contribution in [0.2, 0.25) is 0 Å². The summed E-state index contributed by atoms with van der Waals surface area (Å²) in [6.07, 6.45) is 0. The molecular weight excluding hydrogens is 986 g/mol. The number of aryl methyl sites for hydroxylation is 10. The van der Waals surface area contributed by atoms with E-state index in [1.165, 1.54) is 23.8 Å². The van der Waals surface area contributed by atoms with E-state index in [0.717, 1.165) is 134 Å². The molecule has 0 saturated heterocycles. The molecule has 0 fully saturated rings. The molecule has 0 aliphatic carbocycles. The van der Waals surface area contributed by atoms with E-state index < -0.39 is 18.3 Å². The Morgan fingerprint density at radius 3 is 1.50 bits per heavy atom. The minimum absolute atomic E-state index is 0.150. The predicted molar refractivity (Wildman–Crippen MR) is 335 cm³/mol. The number of hydrogen-bond acceptors (Lipinski definition) is 4. The number of benzene rings is 10. The summed E-state index contributed by atoms with van der Waals surface area (Å²) in [4.78, 5) is 6.37. The average molecular weight is 1050 g/mol. The third-order valence-corrected chi connectivity index (χ3v) is 17.2. The zero-order chi connectivity index (χ0) is 55.6. The molecule has 0 unspecified atom stereocenters. The van der Waals surface area contributed by atoms with E-state index in [9.17, 15) is 0 Å². The Balaban J connectivity index is 1.15. The number of nitrogens with one attached hydrogen (secondary N) is 1. The van der Waals surface area contributed by atoms with Crippen LogP contribution in [0.15, 0.2) is 170 Å².